The number of carbonyl (C=O) groups is 1. The monoisotopic (exact) mass is 276 g/mol. The quantitative estimate of drug-likeness (QED) is 0.830. The molecule has 0 spiro atoms. The molecule has 2 unspecified atom stereocenters. The third-order valence-electron chi connectivity index (χ3n) is 3.84. The molecule has 0 aromatic heterocycles. The largest absolute Gasteiger partial charge is 0.349 e. The maximum Gasteiger partial charge on any atom is 0.244 e. The van der Waals surface area contributed by atoms with Crippen LogP contribution in [0.2, 0.25) is 0 Å². The van der Waals surface area contributed by atoms with Crippen molar-refractivity contribution >= 4 is 12.0 Å². The van der Waals surface area contributed by atoms with Gasteiger partial charge in [-0.25, -0.2) is 4.39 Å². The van der Waals surface area contributed by atoms with Crippen molar-refractivity contribution < 1.29 is 9.18 Å². The lowest BCUT2D eigenvalue weighted by Gasteiger charge is -2.30. The first kappa shape index (κ1) is 14.7. The molecule has 1 amide bonds. The fraction of sp³-hybridized carbons (Fsp3) is 0.438. The van der Waals surface area contributed by atoms with Gasteiger partial charge in [-0.05, 0) is 49.1 Å². The second-order valence-electron chi connectivity index (χ2n) is 5.28. The number of hydrogen-bond acceptors (Lipinski definition) is 2. The average Bonchev–Trinajstić information content (AvgIpc) is 2.47. The van der Waals surface area contributed by atoms with Crippen LogP contribution in [0.15, 0.2) is 30.3 Å². The summed E-state index contributed by atoms with van der Waals surface area (Å²) in [5.74, 6) is -0.00816. The predicted molar refractivity (Wildman–Crippen MR) is 78.4 cm³/mol. The third kappa shape index (κ3) is 4.17. The van der Waals surface area contributed by atoms with Crippen molar-refractivity contribution in [3.05, 3.63) is 41.7 Å². The van der Waals surface area contributed by atoms with Crippen LogP contribution in [0, 0.1) is 11.7 Å². The molecule has 0 aliphatic heterocycles. The number of amides is 1. The number of carbonyl (C=O) groups excluding carboxylic acids is 1. The fourth-order valence-corrected chi connectivity index (χ4v) is 2.66. The molecule has 0 saturated heterocycles. The number of nitrogens with one attached hydrogen (secondary N) is 1. The molecule has 0 bridgehead atoms. The summed E-state index contributed by atoms with van der Waals surface area (Å²) in [5.41, 5.74) is 6.55. The molecule has 108 valence electrons. The molecule has 4 heteroatoms. The van der Waals surface area contributed by atoms with Crippen LogP contribution in [0.3, 0.4) is 0 Å². The van der Waals surface area contributed by atoms with E-state index in [2.05, 4.69) is 5.32 Å². The molecule has 1 aliphatic rings. The van der Waals surface area contributed by atoms with Gasteiger partial charge in [0.2, 0.25) is 5.91 Å². The second-order valence-corrected chi connectivity index (χ2v) is 5.28. The Morgan fingerprint density at radius 3 is 2.70 bits per heavy atom. The highest BCUT2D eigenvalue weighted by Crippen LogP contribution is 2.23. The van der Waals surface area contributed by atoms with E-state index in [-0.39, 0.29) is 17.8 Å². The highest BCUT2D eigenvalue weighted by molar-refractivity contribution is 5.91. The van der Waals surface area contributed by atoms with Crippen molar-refractivity contribution in [2.45, 2.75) is 31.7 Å². The van der Waals surface area contributed by atoms with E-state index >= 15 is 0 Å². The average molecular weight is 276 g/mol. The lowest BCUT2D eigenvalue weighted by Crippen LogP contribution is -2.44. The van der Waals surface area contributed by atoms with E-state index in [1.54, 1.807) is 18.2 Å². The zero-order valence-corrected chi connectivity index (χ0v) is 11.5. The Morgan fingerprint density at radius 2 is 2.00 bits per heavy atom. The predicted octanol–water partition coefficient (Wildman–Crippen LogP) is 2.47. The zero-order chi connectivity index (χ0) is 14.4. The van der Waals surface area contributed by atoms with Crippen LogP contribution in [-0.4, -0.2) is 18.5 Å². The number of hydrogen-bond donors (Lipinski definition) is 2. The highest BCUT2D eigenvalue weighted by Gasteiger charge is 2.24. The van der Waals surface area contributed by atoms with Gasteiger partial charge in [-0.2, -0.15) is 0 Å². The van der Waals surface area contributed by atoms with E-state index in [1.165, 1.54) is 24.6 Å². The summed E-state index contributed by atoms with van der Waals surface area (Å²) in [6, 6.07) is 6.22. The SMILES string of the molecule is NCC1CCCCC1NC(=O)C=Cc1ccc(F)cc1. The van der Waals surface area contributed by atoms with E-state index in [0.29, 0.717) is 12.5 Å². The van der Waals surface area contributed by atoms with Crippen LogP contribution in [0.5, 0.6) is 0 Å². The Labute approximate surface area is 119 Å². The maximum absolute atomic E-state index is 12.8. The van der Waals surface area contributed by atoms with E-state index < -0.39 is 0 Å². The minimum Gasteiger partial charge on any atom is -0.349 e. The fourth-order valence-electron chi connectivity index (χ4n) is 2.66. The van der Waals surface area contributed by atoms with Crippen molar-refractivity contribution in [1.29, 1.82) is 0 Å². The van der Waals surface area contributed by atoms with Gasteiger partial charge in [0.25, 0.3) is 0 Å². The van der Waals surface area contributed by atoms with Crippen molar-refractivity contribution in [1.82, 2.24) is 5.32 Å². The van der Waals surface area contributed by atoms with Gasteiger partial charge in [-0.15, -0.1) is 0 Å². The Balaban J connectivity index is 1.89. The van der Waals surface area contributed by atoms with Crippen molar-refractivity contribution in [3.8, 4) is 0 Å². The molecular weight excluding hydrogens is 255 g/mol. The van der Waals surface area contributed by atoms with Crippen molar-refractivity contribution in [2.24, 2.45) is 11.7 Å². The minimum atomic E-state index is -0.278. The van der Waals surface area contributed by atoms with Gasteiger partial charge in [-0.1, -0.05) is 25.0 Å². The highest BCUT2D eigenvalue weighted by atomic mass is 19.1. The van der Waals surface area contributed by atoms with Crippen LogP contribution >= 0.6 is 0 Å². The Bertz CT molecular complexity index is 470. The summed E-state index contributed by atoms with van der Waals surface area (Å²) in [6.07, 6.45) is 7.61. The van der Waals surface area contributed by atoms with Gasteiger partial charge in [0.1, 0.15) is 5.82 Å². The summed E-state index contributed by atoms with van der Waals surface area (Å²) in [7, 11) is 0. The van der Waals surface area contributed by atoms with Gasteiger partial charge >= 0.3 is 0 Å². The smallest absolute Gasteiger partial charge is 0.244 e. The first-order chi connectivity index (χ1) is 9.69. The summed E-state index contributed by atoms with van der Waals surface area (Å²) in [5, 5.41) is 3.02. The molecule has 2 atom stereocenters. The Kier molecular flexibility index (Phi) is 5.30. The second kappa shape index (κ2) is 7.20. The van der Waals surface area contributed by atoms with Crippen LogP contribution < -0.4 is 11.1 Å². The molecule has 2 rings (SSSR count). The molecule has 20 heavy (non-hydrogen) atoms. The molecule has 1 saturated carbocycles. The molecular formula is C16H21FN2O. The third-order valence-corrected chi connectivity index (χ3v) is 3.84. The van der Waals surface area contributed by atoms with E-state index in [4.69, 9.17) is 5.73 Å². The topological polar surface area (TPSA) is 55.1 Å². The van der Waals surface area contributed by atoms with Gasteiger partial charge in [0, 0.05) is 12.1 Å². The van der Waals surface area contributed by atoms with Crippen LogP contribution in [0.4, 0.5) is 4.39 Å². The standard InChI is InChI=1S/C16H21FN2O/c17-14-8-5-12(6-9-14)7-10-16(20)19-15-4-2-1-3-13(15)11-18/h5-10,13,15H,1-4,11,18H2,(H,19,20). The van der Waals surface area contributed by atoms with Gasteiger partial charge in [0.05, 0.1) is 0 Å². The molecule has 0 radical (unpaired) electrons. The van der Waals surface area contributed by atoms with Gasteiger partial charge < -0.3 is 11.1 Å². The first-order valence-corrected chi connectivity index (χ1v) is 7.13. The van der Waals surface area contributed by atoms with E-state index in [0.717, 1.165) is 24.8 Å². The molecule has 1 aromatic carbocycles. The number of nitrogens with two attached hydrogens (primary N) is 1. The van der Waals surface area contributed by atoms with Crippen LogP contribution in [0.1, 0.15) is 31.2 Å². The number of rotatable bonds is 4. The van der Waals surface area contributed by atoms with E-state index in [1.807, 2.05) is 0 Å². The molecule has 1 aliphatic carbocycles. The lowest BCUT2D eigenvalue weighted by atomic mass is 9.84. The number of halogens is 1. The minimum absolute atomic E-state index is 0.111. The Morgan fingerprint density at radius 1 is 1.30 bits per heavy atom. The molecule has 3 nitrogen and oxygen atoms in total. The van der Waals surface area contributed by atoms with Gasteiger partial charge in [-0.3, -0.25) is 4.79 Å². The molecule has 3 N–H and O–H groups in total. The lowest BCUT2D eigenvalue weighted by molar-refractivity contribution is -0.117. The van der Waals surface area contributed by atoms with Crippen molar-refractivity contribution in [2.75, 3.05) is 6.54 Å². The summed E-state index contributed by atoms with van der Waals surface area (Å²) in [6.45, 7) is 0.618. The van der Waals surface area contributed by atoms with Crippen molar-refractivity contribution in [3.63, 3.8) is 0 Å². The molecule has 0 heterocycles. The zero-order valence-electron chi connectivity index (χ0n) is 11.5. The van der Waals surface area contributed by atoms with Crippen LogP contribution in [-0.2, 0) is 4.79 Å². The normalized spacial score (nSPS) is 22.9. The Hall–Kier alpha value is -1.68. The number of benzene rings is 1. The van der Waals surface area contributed by atoms with E-state index in [9.17, 15) is 9.18 Å². The maximum atomic E-state index is 12.8. The summed E-state index contributed by atoms with van der Waals surface area (Å²) < 4.78 is 12.8. The molecule has 1 fully saturated rings. The summed E-state index contributed by atoms with van der Waals surface area (Å²) >= 11 is 0. The summed E-state index contributed by atoms with van der Waals surface area (Å²) in [4.78, 5) is 11.9. The van der Waals surface area contributed by atoms with Gasteiger partial charge in [0.15, 0.2) is 0 Å². The first-order valence-electron chi connectivity index (χ1n) is 7.13. The van der Waals surface area contributed by atoms with Crippen LogP contribution in [0.25, 0.3) is 6.08 Å². The molecule has 1 aromatic rings.